The van der Waals surface area contributed by atoms with Crippen LogP contribution in [0.2, 0.25) is 0 Å². The fourth-order valence-electron chi connectivity index (χ4n) is 1.98. The third-order valence-electron chi connectivity index (χ3n) is 3.05. The van der Waals surface area contributed by atoms with E-state index in [1.807, 2.05) is 7.05 Å². The summed E-state index contributed by atoms with van der Waals surface area (Å²) in [6.07, 6.45) is 1.03. The van der Waals surface area contributed by atoms with Gasteiger partial charge in [0.15, 0.2) is 0 Å². The van der Waals surface area contributed by atoms with Gasteiger partial charge in [0.25, 0.3) is 0 Å². The molecule has 0 radical (unpaired) electrons. The molecule has 0 spiro atoms. The summed E-state index contributed by atoms with van der Waals surface area (Å²) >= 11 is 0. The van der Waals surface area contributed by atoms with Gasteiger partial charge in [-0.1, -0.05) is 0 Å². The summed E-state index contributed by atoms with van der Waals surface area (Å²) in [6, 6.07) is 4.92. The number of ether oxygens (including phenoxy) is 1. The molecule has 1 saturated heterocycles. The molecule has 0 aliphatic carbocycles. The van der Waals surface area contributed by atoms with Gasteiger partial charge in [0, 0.05) is 24.9 Å². The Hall–Kier alpha value is -1.13. The quantitative estimate of drug-likeness (QED) is 0.793. The lowest BCUT2D eigenvalue weighted by molar-refractivity contribution is 0.156. The molecule has 4 heteroatoms. The van der Waals surface area contributed by atoms with Crippen LogP contribution in [0.1, 0.15) is 12.0 Å². The van der Waals surface area contributed by atoms with E-state index in [2.05, 4.69) is 4.90 Å². The molecular weight excluding hydrogens is 207 g/mol. The third kappa shape index (κ3) is 2.51. The SMILES string of the molecule is CN(Cc1cc(F)ccc1N)C1CCOC1. The van der Waals surface area contributed by atoms with Crippen molar-refractivity contribution in [2.24, 2.45) is 0 Å². The van der Waals surface area contributed by atoms with Gasteiger partial charge in [-0.3, -0.25) is 4.90 Å². The van der Waals surface area contributed by atoms with E-state index in [4.69, 9.17) is 10.5 Å². The Bertz CT molecular complexity index is 364. The second kappa shape index (κ2) is 4.80. The minimum atomic E-state index is -0.236. The molecule has 1 aromatic rings. The molecule has 0 aromatic heterocycles. The van der Waals surface area contributed by atoms with Gasteiger partial charge in [0.1, 0.15) is 5.82 Å². The van der Waals surface area contributed by atoms with Crippen molar-refractivity contribution in [2.75, 3.05) is 26.0 Å². The van der Waals surface area contributed by atoms with Crippen LogP contribution in [0.15, 0.2) is 18.2 Å². The predicted octanol–water partition coefficient (Wildman–Crippen LogP) is 1.63. The molecule has 1 unspecified atom stereocenters. The van der Waals surface area contributed by atoms with Gasteiger partial charge in [0.05, 0.1) is 6.61 Å². The van der Waals surface area contributed by atoms with E-state index in [-0.39, 0.29) is 5.82 Å². The molecule has 0 saturated carbocycles. The van der Waals surface area contributed by atoms with E-state index in [9.17, 15) is 4.39 Å². The number of benzene rings is 1. The first-order valence-electron chi connectivity index (χ1n) is 5.48. The van der Waals surface area contributed by atoms with Crippen molar-refractivity contribution in [2.45, 2.75) is 19.0 Å². The van der Waals surface area contributed by atoms with Gasteiger partial charge in [-0.25, -0.2) is 4.39 Å². The summed E-state index contributed by atoms with van der Waals surface area (Å²) in [5.41, 5.74) is 7.30. The molecule has 0 amide bonds. The summed E-state index contributed by atoms with van der Waals surface area (Å²) in [7, 11) is 2.02. The average Bonchev–Trinajstić information content (AvgIpc) is 2.76. The summed E-state index contributed by atoms with van der Waals surface area (Å²) in [4.78, 5) is 2.16. The largest absolute Gasteiger partial charge is 0.398 e. The van der Waals surface area contributed by atoms with Crippen LogP contribution in [0.4, 0.5) is 10.1 Å². The highest BCUT2D eigenvalue weighted by molar-refractivity contribution is 5.46. The van der Waals surface area contributed by atoms with Gasteiger partial charge in [-0.2, -0.15) is 0 Å². The Morgan fingerprint density at radius 1 is 1.56 bits per heavy atom. The molecule has 1 aromatic carbocycles. The van der Waals surface area contributed by atoms with E-state index in [1.54, 1.807) is 6.07 Å². The number of nitrogens with zero attached hydrogens (tertiary/aromatic N) is 1. The zero-order chi connectivity index (χ0) is 11.5. The van der Waals surface area contributed by atoms with Crippen molar-refractivity contribution in [3.8, 4) is 0 Å². The summed E-state index contributed by atoms with van der Waals surface area (Å²) in [5.74, 6) is -0.236. The molecule has 1 fully saturated rings. The maximum absolute atomic E-state index is 13.1. The molecule has 0 bridgehead atoms. The monoisotopic (exact) mass is 224 g/mol. The number of hydrogen-bond donors (Lipinski definition) is 1. The van der Waals surface area contributed by atoms with E-state index in [1.165, 1.54) is 12.1 Å². The Morgan fingerprint density at radius 3 is 3.06 bits per heavy atom. The van der Waals surface area contributed by atoms with Crippen molar-refractivity contribution >= 4 is 5.69 Å². The van der Waals surface area contributed by atoms with Crippen LogP contribution in [0.25, 0.3) is 0 Å². The fourth-order valence-corrected chi connectivity index (χ4v) is 1.98. The van der Waals surface area contributed by atoms with Crippen molar-refractivity contribution in [1.82, 2.24) is 4.90 Å². The normalized spacial score (nSPS) is 20.6. The third-order valence-corrected chi connectivity index (χ3v) is 3.05. The number of anilines is 1. The van der Waals surface area contributed by atoms with Crippen molar-refractivity contribution in [1.29, 1.82) is 0 Å². The molecule has 2 N–H and O–H groups in total. The molecular formula is C12H17FN2O. The van der Waals surface area contributed by atoms with Crippen LogP contribution in [0.5, 0.6) is 0 Å². The van der Waals surface area contributed by atoms with E-state index < -0.39 is 0 Å². The van der Waals surface area contributed by atoms with Gasteiger partial charge in [-0.05, 0) is 37.2 Å². The molecule has 1 heterocycles. The first-order chi connectivity index (χ1) is 7.66. The highest BCUT2D eigenvalue weighted by Crippen LogP contribution is 2.18. The van der Waals surface area contributed by atoms with Gasteiger partial charge >= 0.3 is 0 Å². The fraction of sp³-hybridized carbons (Fsp3) is 0.500. The van der Waals surface area contributed by atoms with Crippen molar-refractivity contribution < 1.29 is 9.13 Å². The molecule has 1 aliphatic heterocycles. The van der Waals surface area contributed by atoms with E-state index in [0.717, 1.165) is 25.2 Å². The number of likely N-dealkylation sites (N-methyl/N-ethyl adjacent to an activating group) is 1. The number of rotatable bonds is 3. The highest BCUT2D eigenvalue weighted by Gasteiger charge is 2.20. The first-order valence-corrected chi connectivity index (χ1v) is 5.48. The molecule has 3 nitrogen and oxygen atoms in total. The Morgan fingerprint density at radius 2 is 2.38 bits per heavy atom. The zero-order valence-electron chi connectivity index (χ0n) is 9.45. The maximum atomic E-state index is 13.1. The van der Waals surface area contributed by atoms with Crippen LogP contribution in [0.3, 0.4) is 0 Å². The van der Waals surface area contributed by atoms with Gasteiger partial charge in [-0.15, -0.1) is 0 Å². The number of hydrogen-bond acceptors (Lipinski definition) is 3. The summed E-state index contributed by atoms with van der Waals surface area (Å²) in [5, 5.41) is 0. The average molecular weight is 224 g/mol. The van der Waals surface area contributed by atoms with E-state index >= 15 is 0 Å². The topological polar surface area (TPSA) is 38.5 Å². The van der Waals surface area contributed by atoms with Crippen LogP contribution >= 0.6 is 0 Å². The highest BCUT2D eigenvalue weighted by atomic mass is 19.1. The standard InChI is InChI=1S/C12H17FN2O/c1-15(11-4-5-16-8-11)7-9-6-10(13)2-3-12(9)14/h2-3,6,11H,4-5,7-8,14H2,1H3. The van der Waals surface area contributed by atoms with E-state index in [0.29, 0.717) is 18.3 Å². The van der Waals surface area contributed by atoms with Crippen LogP contribution in [0, 0.1) is 5.82 Å². The Balaban J connectivity index is 2.04. The molecule has 16 heavy (non-hydrogen) atoms. The van der Waals surface area contributed by atoms with Crippen LogP contribution < -0.4 is 5.73 Å². The minimum Gasteiger partial charge on any atom is -0.398 e. The lowest BCUT2D eigenvalue weighted by Crippen LogP contribution is -2.31. The minimum absolute atomic E-state index is 0.236. The van der Waals surface area contributed by atoms with Gasteiger partial charge < -0.3 is 10.5 Å². The zero-order valence-corrected chi connectivity index (χ0v) is 9.45. The Labute approximate surface area is 95.0 Å². The second-order valence-electron chi connectivity index (χ2n) is 4.28. The number of halogens is 1. The summed E-state index contributed by atoms with van der Waals surface area (Å²) in [6.45, 7) is 2.23. The molecule has 88 valence electrons. The Kier molecular flexibility index (Phi) is 3.41. The molecule has 1 aliphatic rings. The van der Waals surface area contributed by atoms with Gasteiger partial charge in [0.2, 0.25) is 0 Å². The predicted molar refractivity (Wildman–Crippen MR) is 61.5 cm³/mol. The van der Waals surface area contributed by atoms with Crippen molar-refractivity contribution in [3.63, 3.8) is 0 Å². The maximum Gasteiger partial charge on any atom is 0.123 e. The lowest BCUT2D eigenvalue weighted by Gasteiger charge is -2.23. The lowest BCUT2D eigenvalue weighted by atomic mass is 10.1. The first kappa shape index (κ1) is 11.4. The number of nitrogens with two attached hydrogens (primary N) is 1. The number of nitrogen functional groups attached to an aromatic ring is 1. The smallest absolute Gasteiger partial charge is 0.123 e. The second-order valence-corrected chi connectivity index (χ2v) is 4.28. The molecule has 2 rings (SSSR count). The van der Waals surface area contributed by atoms with Crippen LogP contribution in [-0.2, 0) is 11.3 Å². The van der Waals surface area contributed by atoms with Crippen LogP contribution in [-0.4, -0.2) is 31.2 Å². The summed E-state index contributed by atoms with van der Waals surface area (Å²) < 4.78 is 18.4. The molecule has 1 atom stereocenters. The van der Waals surface area contributed by atoms with Crippen molar-refractivity contribution in [3.05, 3.63) is 29.6 Å².